The molecule has 4 aliphatic carbocycles. The number of aliphatic hydroxyl groups is 1. The molecule has 7 heteroatoms. The number of rotatable bonds is 8. The number of fused-ring (bicyclic) bond motifs is 5. The van der Waals surface area contributed by atoms with Crippen LogP contribution in [0.25, 0.3) is 0 Å². The second kappa shape index (κ2) is 9.44. The van der Waals surface area contributed by atoms with E-state index in [4.69, 9.17) is 9.79 Å². The minimum Gasteiger partial charge on any atom is -0.389 e. The maximum absolute atomic E-state index is 13.1. The number of ether oxygens (including phenoxy) is 1. The zero-order chi connectivity index (χ0) is 25.9. The summed E-state index contributed by atoms with van der Waals surface area (Å²) in [4.78, 5) is 13.1. The van der Waals surface area contributed by atoms with Gasteiger partial charge in [-0.3, -0.25) is 4.79 Å². The summed E-state index contributed by atoms with van der Waals surface area (Å²) in [5.41, 5.74) is 4.77. The second-order valence-electron chi connectivity index (χ2n) is 13.3. The SMILES string of the molecule is COCC(=O)C(C)C1CCC2(C=[SiH2])C1(C)CCC1([SiH3])C3(C)CCC(O)C=C3CCC12CC[Si](C)=N. The quantitative estimate of drug-likeness (QED) is 0.370. The number of carbonyl (C=O) groups is 1. The minimum atomic E-state index is -1.08. The predicted molar refractivity (Wildman–Crippen MR) is 153 cm³/mol. The van der Waals surface area contributed by atoms with Crippen LogP contribution >= 0.6 is 0 Å². The normalized spacial score (nSPS) is 45.6. The molecular weight excluding hydrogens is 483 g/mol. The molecule has 0 heterocycles. The van der Waals surface area contributed by atoms with Gasteiger partial charge in [0.05, 0.1) is 6.10 Å². The van der Waals surface area contributed by atoms with Crippen LogP contribution in [0.1, 0.15) is 78.6 Å². The van der Waals surface area contributed by atoms with Crippen molar-refractivity contribution < 1.29 is 14.6 Å². The van der Waals surface area contributed by atoms with Gasteiger partial charge in [-0.05, 0) is 113 Å². The number of allylic oxidation sites excluding steroid dienone is 1. The van der Waals surface area contributed by atoms with Crippen LogP contribution in [0.5, 0.6) is 0 Å². The Labute approximate surface area is 220 Å². The lowest BCUT2D eigenvalue weighted by Gasteiger charge is -2.75. The number of methoxy groups -OCH3 is 1. The highest BCUT2D eigenvalue weighted by Gasteiger charge is 2.76. The van der Waals surface area contributed by atoms with Gasteiger partial charge in [0.1, 0.15) is 15.2 Å². The van der Waals surface area contributed by atoms with Crippen molar-refractivity contribution in [1.82, 2.24) is 0 Å². The standard InChI is InChI=1S/C28H49NO3Si3/c1-19(23(31)17-32-4)22-8-11-27(18-33)25(22,3)12-13-28(34)24(2)9-7-21(30)16-20(24)6-10-26(27,28)14-15-35(5)29/h16,18-19,21-22,29-30H,6-15,17,33H2,1-5,34H3. The Hall–Kier alpha value is -0.349. The van der Waals surface area contributed by atoms with Gasteiger partial charge in [0.25, 0.3) is 0 Å². The third-order valence-electron chi connectivity index (χ3n) is 12.5. The first-order valence-corrected chi connectivity index (χ1v) is 18.0. The summed E-state index contributed by atoms with van der Waals surface area (Å²) in [6.45, 7) is 9.66. The van der Waals surface area contributed by atoms with E-state index in [-0.39, 0.29) is 51.1 Å². The van der Waals surface area contributed by atoms with E-state index in [1.165, 1.54) is 37.7 Å². The highest BCUT2D eigenvalue weighted by molar-refractivity contribution is 6.42. The number of aliphatic hydroxyl groups excluding tert-OH is 1. The molecule has 8 atom stereocenters. The van der Waals surface area contributed by atoms with Crippen LogP contribution in [-0.2, 0) is 9.53 Å². The molecule has 0 aromatic heterocycles. The number of Topliss-reactive ketones (excluding diaryl/α,β-unsaturated/α-hetero) is 1. The van der Waals surface area contributed by atoms with Crippen LogP contribution in [0.3, 0.4) is 0 Å². The van der Waals surface area contributed by atoms with Gasteiger partial charge in [0.15, 0.2) is 5.78 Å². The van der Waals surface area contributed by atoms with Crippen molar-refractivity contribution in [3.05, 3.63) is 11.6 Å². The van der Waals surface area contributed by atoms with Crippen LogP contribution < -0.4 is 0 Å². The van der Waals surface area contributed by atoms with E-state index < -0.39 is 8.59 Å². The van der Waals surface area contributed by atoms with Gasteiger partial charge in [-0.2, -0.15) is 0 Å². The van der Waals surface area contributed by atoms with Crippen molar-refractivity contribution in [2.75, 3.05) is 13.7 Å². The van der Waals surface area contributed by atoms with Gasteiger partial charge >= 0.3 is 0 Å². The third kappa shape index (κ3) is 3.61. The molecule has 8 unspecified atom stereocenters. The number of hydrogen-bond acceptors (Lipinski definition) is 4. The zero-order valence-corrected chi connectivity index (χ0v) is 27.5. The Balaban J connectivity index is 1.88. The van der Waals surface area contributed by atoms with E-state index >= 15 is 0 Å². The molecule has 0 aliphatic heterocycles. The van der Waals surface area contributed by atoms with Crippen molar-refractivity contribution >= 4 is 40.1 Å². The molecule has 0 saturated heterocycles. The Kier molecular flexibility index (Phi) is 7.46. The second-order valence-corrected chi connectivity index (χ2v) is 17.4. The number of hydrogen-bond donors (Lipinski definition) is 2. The molecule has 0 spiro atoms. The Bertz CT molecular complexity index is 938. The molecule has 0 bridgehead atoms. The van der Waals surface area contributed by atoms with Crippen molar-refractivity contribution in [2.45, 2.75) is 102 Å². The van der Waals surface area contributed by atoms with Gasteiger partial charge in [-0.25, -0.2) is 0 Å². The molecule has 0 amide bonds. The Morgan fingerprint density at radius 1 is 1.31 bits per heavy atom. The van der Waals surface area contributed by atoms with Crippen LogP contribution in [0.4, 0.5) is 0 Å². The predicted octanol–water partition coefficient (Wildman–Crippen LogP) is 3.72. The van der Waals surface area contributed by atoms with Crippen molar-refractivity contribution in [1.29, 1.82) is 5.05 Å². The van der Waals surface area contributed by atoms with Gasteiger partial charge < -0.3 is 14.9 Å². The van der Waals surface area contributed by atoms with Crippen molar-refractivity contribution in [2.24, 2.45) is 33.5 Å². The fourth-order valence-electron chi connectivity index (χ4n) is 10.3. The average Bonchev–Trinajstić information content (AvgIpc) is 3.12. The van der Waals surface area contributed by atoms with Crippen LogP contribution in [0.15, 0.2) is 11.6 Å². The summed E-state index contributed by atoms with van der Waals surface area (Å²) in [5.74, 6) is 0.692. The topological polar surface area (TPSA) is 70.4 Å². The van der Waals surface area contributed by atoms with E-state index in [1.807, 2.05) is 0 Å². The summed E-state index contributed by atoms with van der Waals surface area (Å²) >= 11 is 0. The van der Waals surface area contributed by atoms with Gasteiger partial charge in [0.2, 0.25) is 0 Å². The summed E-state index contributed by atoms with van der Waals surface area (Å²) in [6.07, 6.45) is 12.1. The average molecular weight is 532 g/mol. The van der Waals surface area contributed by atoms with E-state index in [0.29, 0.717) is 5.92 Å². The first-order valence-electron chi connectivity index (χ1n) is 14.0. The van der Waals surface area contributed by atoms with E-state index in [0.717, 1.165) is 42.0 Å². The molecule has 2 N–H and O–H groups in total. The fourth-order valence-corrected chi connectivity index (χ4v) is 14.0. The highest BCUT2D eigenvalue weighted by Crippen LogP contribution is 2.84. The molecule has 0 aromatic carbocycles. The summed E-state index contributed by atoms with van der Waals surface area (Å²) in [5, 5.41) is 19.4. The molecule has 4 rings (SSSR count). The minimum absolute atomic E-state index is 0.0326. The van der Waals surface area contributed by atoms with Crippen LogP contribution in [0.2, 0.25) is 17.6 Å². The monoisotopic (exact) mass is 531 g/mol. The smallest absolute Gasteiger partial charge is 0.161 e. The van der Waals surface area contributed by atoms with E-state index in [1.54, 1.807) is 7.11 Å². The lowest BCUT2D eigenvalue weighted by Crippen LogP contribution is -2.67. The van der Waals surface area contributed by atoms with Gasteiger partial charge in [-0.15, -0.1) is 5.67 Å². The number of nitrogens with one attached hydrogen (secondary N) is 1. The number of ketones is 1. The Morgan fingerprint density at radius 2 is 2.03 bits per heavy atom. The first kappa shape index (κ1) is 27.7. The summed E-state index contributed by atoms with van der Waals surface area (Å²) < 4.78 is 5.28. The van der Waals surface area contributed by atoms with Crippen molar-refractivity contribution in [3.63, 3.8) is 0 Å². The molecule has 4 nitrogen and oxygen atoms in total. The molecule has 3 fully saturated rings. The lowest BCUT2D eigenvalue weighted by molar-refractivity contribution is -0.155. The number of carbonyl (C=O) groups excluding carboxylic acids is 1. The molecule has 0 radical (unpaired) electrons. The third-order valence-corrected chi connectivity index (χ3v) is 16.8. The van der Waals surface area contributed by atoms with E-state index in [2.05, 4.69) is 48.9 Å². The molecule has 3 saturated carbocycles. The molecular formula is C28H49NO3Si3. The van der Waals surface area contributed by atoms with Crippen LogP contribution in [-0.4, -0.2) is 65.1 Å². The van der Waals surface area contributed by atoms with Crippen LogP contribution in [0, 0.1) is 38.5 Å². The molecule has 0 aromatic rings. The Morgan fingerprint density at radius 3 is 2.66 bits per heavy atom. The fraction of sp³-hybridized carbons (Fsp3) is 0.857. The lowest BCUT2D eigenvalue weighted by atomic mass is 9.34. The van der Waals surface area contributed by atoms with Gasteiger partial charge in [-0.1, -0.05) is 32.4 Å². The molecule has 196 valence electrons. The maximum Gasteiger partial charge on any atom is 0.161 e. The summed E-state index contributed by atoms with van der Waals surface area (Å²) in [6, 6.07) is 1.06. The molecule has 4 aliphatic rings. The molecule has 35 heavy (non-hydrogen) atoms. The maximum atomic E-state index is 13.1. The summed E-state index contributed by atoms with van der Waals surface area (Å²) in [7, 11) is 3.78. The van der Waals surface area contributed by atoms with Gasteiger partial charge in [0, 0.05) is 23.3 Å². The largest absolute Gasteiger partial charge is 0.389 e. The van der Waals surface area contributed by atoms with E-state index in [9.17, 15) is 9.90 Å². The van der Waals surface area contributed by atoms with Crippen molar-refractivity contribution in [3.8, 4) is 0 Å². The first-order chi connectivity index (χ1) is 16.4. The highest BCUT2D eigenvalue weighted by atomic mass is 28.2. The zero-order valence-electron chi connectivity index (χ0n) is 23.1.